The van der Waals surface area contributed by atoms with Crippen LogP contribution in [0, 0.1) is 13.8 Å². The molecular formula is C23H22N4O. The molecule has 4 rings (SSSR count). The van der Waals surface area contributed by atoms with Crippen molar-refractivity contribution in [3.63, 3.8) is 0 Å². The van der Waals surface area contributed by atoms with E-state index in [1.165, 1.54) is 0 Å². The van der Waals surface area contributed by atoms with Crippen molar-refractivity contribution >= 4 is 16.8 Å². The highest BCUT2D eigenvalue weighted by Crippen LogP contribution is 2.20. The molecule has 2 aromatic heterocycles. The number of aryl methyl sites for hydroxylation is 1. The molecule has 0 aliphatic rings. The number of rotatable bonds is 4. The predicted molar refractivity (Wildman–Crippen MR) is 111 cm³/mol. The van der Waals surface area contributed by atoms with E-state index in [4.69, 9.17) is 0 Å². The summed E-state index contributed by atoms with van der Waals surface area (Å²) in [4.78, 5) is 19.1. The molecule has 2 heterocycles. The minimum Gasteiger partial charge on any atom is -0.336 e. The zero-order valence-corrected chi connectivity index (χ0v) is 16.3. The summed E-state index contributed by atoms with van der Waals surface area (Å²) in [6.07, 6.45) is 0. The first-order chi connectivity index (χ1) is 13.5. The molecule has 0 saturated heterocycles. The summed E-state index contributed by atoms with van der Waals surface area (Å²) in [6, 6.07) is 21.6. The molecule has 140 valence electrons. The van der Waals surface area contributed by atoms with Gasteiger partial charge in [-0.15, -0.1) is 0 Å². The zero-order chi connectivity index (χ0) is 19.7. The van der Waals surface area contributed by atoms with Crippen LogP contribution in [0.2, 0.25) is 0 Å². The van der Waals surface area contributed by atoms with Crippen LogP contribution in [-0.4, -0.2) is 32.6 Å². The number of nitrogens with zero attached hydrogens (tertiary/aromatic N) is 4. The number of aromatic nitrogens is 3. The molecule has 0 spiro atoms. The fourth-order valence-electron chi connectivity index (χ4n) is 3.41. The molecule has 4 aromatic rings. The van der Waals surface area contributed by atoms with Crippen LogP contribution in [0.15, 0.2) is 66.7 Å². The summed E-state index contributed by atoms with van der Waals surface area (Å²) in [5, 5.41) is 5.70. The van der Waals surface area contributed by atoms with Crippen LogP contribution in [0.25, 0.3) is 16.6 Å². The van der Waals surface area contributed by atoms with Crippen molar-refractivity contribution in [3.8, 4) is 5.69 Å². The monoisotopic (exact) mass is 370 g/mol. The zero-order valence-electron chi connectivity index (χ0n) is 16.3. The van der Waals surface area contributed by atoms with Crippen LogP contribution < -0.4 is 0 Å². The highest BCUT2D eigenvalue weighted by molar-refractivity contribution is 5.94. The second kappa shape index (κ2) is 7.27. The van der Waals surface area contributed by atoms with Gasteiger partial charge in [-0.05, 0) is 38.1 Å². The fraction of sp³-hybridized carbons (Fsp3) is 0.174. The van der Waals surface area contributed by atoms with E-state index in [1.807, 2.05) is 79.2 Å². The lowest BCUT2D eigenvalue weighted by Gasteiger charge is -2.17. The number of carbonyl (C=O) groups is 1. The normalized spacial score (nSPS) is 11.0. The second-order valence-electron chi connectivity index (χ2n) is 6.95. The van der Waals surface area contributed by atoms with Gasteiger partial charge in [-0.3, -0.25) is 4.79 Å². The smallest absolute Gasteiger partial charge is 0.272 e. The number of benzene rings is 2. The number of amides is 1. The molecule has 2 aromatic carbocycles. The average molecular weight is 370 g/mol. The molecule has 0 saturated carbocycles. The lowest BCUT2D eigenvalue weighted by molar-refractivity contribution is 0.0779. The summed E-state index contributed by atoms with van der Waals surface area (Å²) < 4.78 is 1.93. The lowest BCUT2D eigenvalue weighted by atomic mass is 10.1. The van der Waals surface area contributed by atoms with Gasteiger partial charge in [-0.2, -0.15) is 5.10 Å². The van der Waals surface area contributed by atoms with Crippen LogP contribution in [0.4, 0.5) is 0 Å². The number of hydrogen-bond acceptors (Lipinski definition) is 3. The van der Waals surface area contributed by atoms with E-state index in [2.05, 4.69) is 10.1 Å². The van der Waals surface area contributed by atoms with E-state index < -0.39 is 0 Å². The van der Waals surface area contributed by atoms with Gasteiger partial charge in [0.25, 0.3) is 5.91 Å². The van der Waals surface area contributed by atoms with E-state index in [9.17, 15) is 4.79 Å². The summed E-state index contributed by atoms with van der Waals surface area (Å²) in [7, 11) is 1.80. The third kappa shape index (κ3) is 3.27. The lowest BCUT2D eigenvalue weighted by Crippen LogP contribution is -2.27. The van der Waals surface area contributed by atoms with Crippen molar-refractivity contribution in [1.82, 2.24) is 19.7 Å². The summed E-state index contributed by atoms with van der Waals surface area (Å²) in [5.41, 5.74) is 5.31. The van der Waals surface area contributed by atoms with Gasteiger partial charge in [0.1, 0.15) is 5.69 Å². The predicted octanol–water partition coefficient (Wildman–Crippen LogP) is 4.31. The van der Waals surface area contributed by atoms with Gasteiger partial charge in [-0.25, -0.2) is 9.67 Å². The molecule has 0 radical (unpaired) electrons. The molecule has 1 amide bonds. The Labute approximate surface area is 164 Å². The molecule has 0 aliphatic heterocycles. The van der Waals surface area contributed by atoms with Crippen LogP contribution >= 0.6 is 0 Å². The Bertz CT molecular complexity index is 1150. The maximum atomic E-state index is 12.9. The number of hydrogen-bond donors (Lipinski definition) is 0. The molecular weight excluding hydrogens is 348 g/mol. The van der Waals surface area contributed by atoms with Crippen molar-refractivity contribution in [1.29, 1.82) is 0 Å². The Morgan fingerprint density at radius 1 is 0.964 bits per heavy atom. The minimum absolute atomic E-state index is 0.1000. The molecule has 5 heteroatoms. The SMILES string of the molecule is Cc1nn(-c2ccccc2)c(C)c1CN(C)C(=O)c1ccc2ccccc2n1. The first kappa shape index (κ1) is 17.9. The van der Waals surface area contributed by atoms with E-state index in [0.29, 0.717) is 12.2 Å². The summed E-state index contributed by atoms with van der Waals surface area (Å²) in [5.74, 6) is -0.1000. The molecule has 0 aliphatic carbocycles. The van der Waals surface area contributed by atoms with E-state index >= 15 is 0 Å². The molecule has 0 bridgehead atoms. The van der Waals surface area contributed by atoms with E-state index in [-0.39, 0.29) is 5.91 Å². The second-order valence-corrected chi connectivity index (χ2v) is 6.95. The number of para-hydroxylation sites is 2. The maximum absolute atomic E-state index is 12.9. The molecule has 0 atom stereocenters. The minimum atomic E-state index is -0.1000. The van der Waals surface area contributed by atoms with Crippen LogP contribution in [0.3, 0.4) is 0 Å². The molecule has 0 N–H and O–H groups in total. The fourth-order valence-corrected chi connectivity index (χ4v) is 3.41. The molecule has 0 unspecified atom stereocenters. The Kier molecular flexibility index (Phi) is 4.65. The Balaban J connectivity index is 1.60. The molecule has 28 heavy (non-hydrogen) atoms. The quantitative estimate of drug-likeness (QED) is 0.538. The number of carbonyl (C=O) groups excluding carboxylic acids is 1. The average Bonchev–Trinajstić information content (AvgIpc) is 3.01. The third-order valence-electron chi connectivity index (χ3n) is 5.00. The van der Waals surface area contributed by atoms with Gasteiger partial charge < -0.3 is 4.90 Å². The molecule has 5 nitrogen and oxygen atoms in total. The van der Waals surface area contributed by atoms with Crippen LogP contribution in [0.1, 0.15) is 27.4 Å². The number of pyridine rings is 1. The first-order valence-corrected chi connectivity index (χ1v) is 9.26. The van der Waals surface area contributed by atoms with Gasteiger partial charge in [0, 0.05) is 30.2 Å². The standard InChI is InChI=1S/C23H22N4O/c1-16-20(17(2)27(25-16)19-10-5-4-6-11-19)15-26(3)23(28)22-14-13-18-9-7-8-12-21(18)24-22/h4-14H,15H2,1-3H3. The Morgan fingerprint density at radius 3 is 2.46 bits per heavy atom. The number of fused-ring (bicyclic) bond motifs is 1. The van der Waals surface area contributed by atoms with Crippen molar-refractivity contribution in [2.24, 2.45) is 0 Å². The highest BCUT2D eigenvalue weighted by atomic mass is 16.2. The van der Waals surface area contributed by atoms with Crippen LogP contribution in [-0.2, 0) is 6.54 Å². The maximum Gasteiger partial charge on any atom is 0.272 e. The van der Waals surface area contributed by atoms with Gasteiger partial charge in [0.05, 0.1) is 16.9 Å². The van der Waals surface area contributed by atoms with Crippen molar-refractivity contribution in [2.45, 2.75) is 20.4 Å². The van der Waals surface area contributed by atoms with E-state index in [1.54, 1.807) is 18.0 Å². The summed E-state index contributed by atoms with van der Waals surface area (Å²) in [6.45, 7) is 4.50. The molecule has 0 fully saturated rings. The summed E-state index contributed by atoms with van der Waals surface area (Å²) >= 11 is 0. The topological polar surface area (TPSA) is 51.0 Å². The van der Waals surface area contributed by atoms with Gasteiger partial charge in [-0.1, -0.05) is 42.5 Å². The van der Waals surface area contributed by atoms with Gasteiger partial charge in [0.15, 0.2) is 0 Å². The Hall–Kier alpha value is -3.47. The van der Waals surface area contributed by atoms with Gasteiger partial charge in [0.2, 0.25) is 0 Å². The van der Waals surface area contributed by atoms with Gasteiger partial charge >= 0.3 is 0 Å². The van der Waals surface area contributed by atoms with Crippen molar-refractivity contribution in [2.75, 3.05) is 7.05 Å². The third-order valence-corrected chi connectivity index (χ3v) is 5.00. The first-order valence-electron chi connectivity index (χ1n) is 9.26. The largest absolute Gasteiger partial charge is 0.336 e. The van der Waals surface area contributed by atoms with E-state index in [0.717, 1.165) is 33.5 Å². The van der Waals surface area contributed by atoms with Crippen molar-refractivity contribution in [3.05, 3.63) is 89.4 Å². The van der Waals surface area contributed by atoms with Crippen molar-refractivity contribution < 1.29 is 4.79 Å². The Morgan fingerprint density at radius 2 is 1.68 bits per heavy atom. The highest BCUT2D eigenvalue weighted by Gasteiger charge is 2.19. The van der Waals surface area contributed by atoms with Crippen LogP contribution in [0.5, 0.6) is 0 Å².